The first kappa shape index (κ1) is 17.4. The molecule has 0 radical (unpaired) electrons. The van der Waals surface area contributed by atoms with Gasteiger partial charge < -0.3 is 19.9 Å². The van der Waals surface area contributed by atoms with E-state index in [9.17, 15) is 4.79 Å². The van der Waals surface area contributed by atoms with E-state index < -0.39 is 6.09 Å². The van der Waals surface area contributed by atoms with Gasteiger partial charge in [0.1, 0.15) is 18.1 Å². The normalized spacial score (nSPS) is 11.4. The zero-order valence-corrected chi connectivity index (χ0v) is 13.6. The number of benzene rings is 2. The second kappa shape index (κ2) is 8.62. The maximum Gasteiger partial charge on any atom is 0.404 e. The molecule has 1 amide bonds. The van der Waals surface area contributed by atoms with E-state index in [-0.39, 0.29) is 12.5 Å². The zero-order valence-electron chi connectivity index (χ0n) is 13.6. The van der Waals surface area contributed by atoms with Crippen molar-refractivity contribution in [3.8, 4) is 11.5 Å². The van der Waals surface area contributed by atoms with Crippen LogP contribution in [0.1, 0.15) is 17.0 Å². The number of carbonyl (C=O) groups is 1. The van der Waals surface area contributed by atoms with Gasteiger partial charge in [0.15, 0.2) is 0 Å². The van der Waals surface area contributed by atoms with Crippen molar-refractivity contribution in [2.45, 2.75) is 12.5 Å². The van der Waals surface area contributed by atoms with Crippen molar-refractivity contribution in [3.05, 3.63) is 72.3 Å². The summed E-state index contributed by atoms with van der Waals surface area (Å²) in [5.41, 5.74) is 1.99. The van der Waals surface area contributed by atoms with Gasteiger partial charge in [-0.25, -0.2) is 4.79 Å². The topological polar surface area (TPSA) is 67.8 Å². The van der Waals surface area contributed by atoms with Crippen LogP contribution in [0.25, 0.3) is 0 Å². The number of amides is 1. The summed E-state index contributed by atoms with van der Waals surface area (Å²) in [6.45, 7) is 4.49. The van der Waals surface area contributed by atoms with Crippen LogP contribution in [0.3, 0.4) is 0 Å². The molecule has 0 saturated heterocycles. The number of hydrogen-bond donors (Lipinski definition) is 2. The average molecular weight is 327 g/mol. The van der Waals surface area contributed by atoms with E-state index >= 15 is 0 Å². The summed E-state index contributed by atoms with van der Waals surface area (Å²) in [6.07, 6.45) is 0.673. The molecule has 0 aromatic heterocycles. The lowest BCUT2D eigenvalue weighted by molar-refractivity contribution is 0.194. The number of rotatable bonds is 8. The third-order valence-corrected chi connectivity index (χ3v) is 3.61. The summed E-state index contributed by atoms with van der Waals surface area (Å²) in [5, 5.41) is 11.1. The van der Waals surface area contributed by atoms with Gasteiger partial charge in [0.25, 0.3) is 0 Å². The van der Waals surface area contributed by atoms with Crippen molar-refractivity contribution in [2.75, 3.05) is 13.7 Å². The Bertz CT molecular complexity index is 682. The van der Waals surface area contributed by atoms with Gasteiger partial charge in [-0.1, -0.05) is 30.3 Å². The van der Waals surface area contributed by atoms with Crippen LogP contribution >= 0.6 is 0 Å². The quantitative estimate of drug-likeness (QED) is 0.724. The third-order valence-electron chi connectivity index (χ3n) is 3.61. The first-order chi connectivity index (χ1) is 11.6. The first-order valence-corrected chi connectivity index (χ1v) is 7.57. The van der Waals surface area contributed by atoms with Crippen LogP contribution < -0.4 is 14.8 Å². The summed E-state index contributed by atoms with van der Waals surface area (Å²) in [6, 6.07) is 15.3. The first-order valence-electron chi connectivity index (χ1n) is 7.57. The average Bonchev–Trinajstić information content (AvgIpc) is 2.61. The van der Waals surface area contributed by atoms with Crippen LogP contribution in [-0.4, -0.2) is 24.9 Å². The maximum atomic E-state index is 10.6. The van der Waals surface area contributed by atoms with Crippen molar-refractivity contribution in [2.24, 2.45) is 0 Å². The molecule has 1 atom stereocenters. The smallest absolute Gasteiger partial charge is 0.404 e. The Kier molecular flexibility index (Phi) is 6.25. The molecule has 5 nitrogen and oxygen atoms in total. The molecule has 0 aliphatic rings. The van der Waals surface area contributed by atoms with Gasteiger partial charge in [-0.2, -0.15) is 0 Å². The minimum atomic E-state index is -1.05. The highest BCUT2D eigenvalue weighted by Gasteiger charge is 2.10. The van der Waals surface area contributed by atoms with E-state index in [1.54, 1.807) is 13.2 Å². The Morgan fingerprint density at radius 2 is 2.00 bits per heavy atom. The van der Waals surface area contributed by atoms with Crippen molar-refractivity contribution >= 4 is 6.09 Å². The number of methoxy groups -OCH3 is 1. The minimum absolute atomic E-state index is 0.106. The highest BCUT2D eigenvalue weighted by molar-refractivity contribution is 5.64. The Balaban J connectivity index is 2.00. The van der Waals surface area contributed by atoms with Crippen molar-refractivity contribution in [1.82, 2.24) is 5.32 Å². The van der Waals surface area contributed by atoms with Crippen LogP contribution in [0.4, 0.5) is 4.79 Å². The lowest BCUT2D eigenvalue weighted by Gasteiger charge is -2.14. The van der Waals surface area contributed by atoms with E-state index in [2.05, 4.69) is 11.9 Å². The van der Waals surface area contributed by atoms with E-state index in [1.165, 1.54) is 0 Å². The summed E-state index contributed by atoms with van der Waals surface area (Å²) in [5.74, 6) is 1.43. The van der Waals surface area contributed by atoms with E-state index in [4.69, 9.17) is 14.6 Å². The van der Waals surface area contributed by atoms with Gasteiger partial charge in [-0.15, -0.1) is 6.58 Å². The number of carboxylic acid groups (broad SMARTS) is 1. The lowest BCUT2D eigenvalue weighted by Crippen LogP contribution is -2.25. The molecule has 2 N–H and O–H groups in total. The van der Waals surface area contributed by atoms with Crippen LogP contribution in [0.2, 0.25) is 0 Å². The van der Waals surface area contributed by atoms with Gasteiger partial charge >= 0.3 is 6.09 Å². The predicted molar refractivity (Wildman–Crippen MR) is 92.7 cm³/mol. The Hall–Kier alpha value is -2.95. The van der Waals surface area contributed by atoms with E-state index in [0.717, 1.165) is 22.6 Å². The van der Waals surface area contributed by atoms with Crippen LogP contribution in [0.15, 0.2) is 61.2 Å². The van der Waals surface area contributed by atoms with Crippen molar-refractivity contribution in [3.63, 3.8) is 0 Å². The Labute approximate surface area is 141 Å². The maximum absolute atomic E-state index is 10.6. The molecule has 24 heavy (non-hydrogen) atoms. The molecule has 5 heteroatoms. The Morgan fingerprint density at radius 3 is 2.62 bits per heavy atom. The van der Waals surface area contributed by atoms with Crippen LogP contribution in [-0.2, 0) is 6.61 Å². The van der Waals surface area contributed by atoms with Crippen molar-refractivity contribution in [1.29, 1.82) is 0 Å². The molecule has 0 heterocycles. The van der Waals surface area contributed by atoms with Gasteiger partial charge in [0, 0.05) is 12.5 Å². The molecule has 2 aromatic carbocycles. The molecule has 0 fully saturated rings. The standard InChI is InChI=1S/C19H21NO4/c1-3-15(12-20-19(21)22)16-5-4-6-18(11-16)24-13-14-7-9-17(23-2)10-8-14/h3-11,15,20H,1,12-13H2,2H3,(H,21,22). The molecule has 0 bridgehead atoms. The van der Waals surface area contributed by atoms with Gasteiger partial charge in [-0.3, -0.25) is 0 Å². The SMILES string of the molecule is C=CC(CNC(=O)O)c1cccc(OCc2ccc(OC)cc2)c1. The molecule has 126 valence electrons. The number of nitrogens with one attached hydrogen (secondary N) is 1. The molecular weight excluding hydrogens is 306 g/mol. The minimum Gasteiger partial charge on any atom is -0.497 e. The van der Waals surface area contributed by atoms with E-state index in [1.807, 2.05) is 48.5 Å². The molecule has 2 rings (SSSR count). The van der Waals surface area contributed by atoms with Gasteiger partial charge in [-0.05, 0) is 35.4 Å². The van der Waals surface area contributed by atoms with Crippen LogP contribution in [0.5, 0.6) is 11.5 Å². The highest BCUT2D eigenvalue weighted by atomic mass is 16.5. The lowest BCUT2D eigenvalue weighted by atomic mass is 9.99. The summed E-state index contributed by atoms with van der Waals surface area (Å²) < 4.78 is 10.9. The molecule has 0 aliphatic heterocycles. The molecule has 0 spiro atoms. The fourth-order valence-corrected chi connectivity index (χ4v) is 2.26. The monoisotopic (exact) mass is 327 g/mol. The molecule has 1 unspecified atom stereocenters. The number of hydrogen-bond acceptors (Lipinski definition) is 3. The zero-order chi connectivity index (χ0) is 17.4. The number of ether oxygens (including phenoxy) is 2. The summed E-state index contributed by atoms with van der Waals surface area (Å²) in [4.78, 5) is 10.6. The van der Waals surface area contributed by atoms with E-state index in [0.29, 0.717) is 6.61 Å². The fraction of sp³-hybridized carbons (Fsp3) is 0.211. The second-order valence-electron chi connectivity index (χ2n) is 5.24. The fourth-order valence-electron chi connectivity index (χ4n) is 2.26. The van der Waals surface area contributed by atoms with Gasteiger partial charge in [0.2, 0.25) is 0 Å². The van der Waals surface area contributed by atoms with Crippen molar-refractivity contribution < 1.29 is 19.4 Å². The predicted octanol–water partition coefficient (Wildman–Crippen LogP) is 3.81. The summed E-state index contributed by atoms with van der Waals surface area (Å²) >= 11 is 0. The molecule has 0 aliphatic carbocycles. The van der Waals surface area contributed by atoms with Gasteiger partial charge in [0.05, 0.1) is 7.11 Å². The third kappa shape index (κ3) is 5.05. The highest BCUT2D eigenvalue weighted by Crippen LogP contribution is 2.22. The molecular formula is C19H21NO4. The van der Waals surface area contributed by atoms with Crippen LogP contribution in [0, 0.1) is 0 Å². The molecule has 2 aromatic rings. The second-order valence-corrected chi connectivity index (χ2v) is 5.24. The molecule has 0 saturated carbocycles. The summed E-state index contributed by atoms with van der Waals surface area (Å²) in [7, 11) is 1.63. The Morgan fingerprint density at radius 1 is 1.25 bits per heavy atom. The largest absolute Gasteiger partial charge is 0.497 e.